The molecule has 1 aliphatic heterocycles. The molecule has 9 heteroatoms. The average molecular weight is 454 g/mol. The van der Waals surface area contributed by atoms with Gasteiger partial charge in [-0.05, 0) is 41.4 Å². The molecular weight excluding hydrogens is 434 g/mol. The number of benzene rings is 2. The van der Waals surface area contributed by atoms with Gasteiger partial charge in [0, 0.05) is 23.2 Å². The van der Waals surface area contributed by atoms with Crippen LogP contribution >= 0.6 is 11.6 Å². The maximum Gasteiger partial charge on any atom is 0.254 e. The Labute approximate surface area is 188 Å². The largest absolute Gasteiger partial charge is 0.494 e. The first-order valence-electron chi connectivity index (χ1n) is 10.1. The average Bonchev–Trinajstić information content (AvgIpc) is 3.36. The lowest BCUT2D eigenvalue weighted by Crippen LogP contribution is -2.49. The summed E-state index contributed by atoms with van der Waals surface area (Å²) in [5, 5.41) is 24.5. The summed E-state index contributed by atoms with van der Waals surface area (Å²) in [5.74, 6) is -0.688. The van der Waals surface area contributed by atoms with Gasteiger partial charge in [0.2, 0.25) is 17.4 Å². The zero-order valence-corrected chi connectivity index (χ0v) is 17.9. The lowest BCUT2D eigenvalue weighted by molar-refractivity contribution is 0.0999. The van der Waals surface area contributed by atoms with Crippen LogP contribution in [-0.4, -0.2) is 52.4 Å². The number of carbonyl (C=O) groups is 1. The number of carbonyl (C=O) groups excluding carboxylic acids is 1. The summed E-state index contributed by atoms with van der Waals surface area (Å²) in [5.41, 5.74) is 3.21. The molecule has 1 fully saturated rings. The van der Waals surface area contributed by atoms with Crippen LogP contribution in [0, 0.1) is 0 Å². The number of aliphatic hydroxyl groups excluding tert-OH is 1. The molecule has 2 aromatic heterocycles. The maximum atomic E-state index is 13.0. The molecule has 5 rings (SSSR count). The molecule has 32 heavy (non-hydrogen) atoms. The van der Waals surface area contributed by atoms with Crippen LogP contribution in [0.15, 0.2) is 47.0 Å². The topological polar surface area (TPSA) is 112 Å². The summed E-state index contributed by atoms with van der Waals surface area (Å²) in [6.45, 7) is 1.05. The summed E-state index contributed by atoms with van der Waals surface area (Å²) in [4.78, 5) is 17.9. The fourth-order valence-corrected chi connectivity index (χ4v) is 4.31. The molecule has 0 bridgehead atoms. The van der Waals surface area contributed by atoms with Crippen LogP contribution in [0.4, 0.5) is 5.69 Å². The molecule has 0 amide bonds. The van der Waals surface area contributed by atoms with Crippen LogP contribution in [0.25, 0.3) is 22.0 Å². The molecule has 8 nitrogen and oxygen atoms in total. The molecule has 164 valence electrons. The molecule has 4 aromatic rings. The van der Waals surface area contributed by atoms with E-state index in [0.717, 1.165) is 29.8 Å². The maximum absolute atomic E-state index is 13.0. The number of halogens is 1. The van der Waals surface area contributed by atoms with Gasteiger partial charge in [0.1, 0.15) is 0 Å². The number of aliphatic hydroxyl groups is 1. The highest BCUT2D eigenvalue weighted by molar-refractivity contribution is 6.34. The van der Waals surface area contributed by atoms with Crippen molar-refractivity contribution in [3.8, 4) is 22.9 Å². The van der Waals surface area contributed by atoms with E-state index in [9.17, 15) is 15.0 Å². The second-order valence-corrected chi connectivity index (χ2v) is 8.06. The number of ether oxygens (including phenoxy) is 1. The highest BCUT2D eigenvalue weighted by Gasteiger charge is 2.27. The smallest absolute Gasteiger partial charge is 0.254 e. The van der Waals surface area contributed by atoms with Crippen LogP contribution in [-0.2, 0) is 0 Å². The van der Waals surface area contributed by atoms with E-state index in [1.54, 1.807) is 12.1 Å². The van der Waals surface area contributed by atoms with Crippen molar-refractivity contribution in [2.75, 3.05) is 25.2 Å². The molecule has 0 radical (unpaired) electrons. The number of H-pyrrole nitrogens is 1. The van der Waals surface area contributed by atoms with E-state index < -0.39 is 5.78 Å². The van der Waals surface area contributed by atoms with E-state index in [1.165, 1.54) is 13.2 Å². The summed E-state index contributed by atoms with van der Waals surface area (Å²) >= 11 is 6.53. The molecule has 1 atom stereocenters. The molecule has 0 unspecified atom stereocenters. The Morgan fingerprint density at radius 2 is 2.09 bits per heavy atom. The number of nitrogens with zero attached hydrogens (tertiary/aromatic N) is 2. The number of ketones is 1. The molecule has 1 saturated heterocycles. The van der Waals surface area contributed by atoms with Gasteiger partial charge in [0.05, 0.1) is 41.9 Å². The van der Waals surface area contributed by atoms with Gasteiger partial charge < -0.3 is 29.4 Å². The van der Waals surface area contributed by atoms with Gasteiger partial charge in [0.15, 0.2) is 0 Å². The molecule has 2 aromatic carbocycles. The number of rotatable bonds is 6. The van der Waals surface area contributed by atoms with Gasteiger partial charge in [-0.2, -0.15) is 0 Å². The van der Waals surface area contributed by atoms with E-state index in [-0.39, 0.29) is 35.7 Å². The van der Waals surface area contributed by atoms with Crippen LogP contribution in [0.5, 0.6) is 11.8 Å². The quantitative estimate of drug-likeness (QED) is 0.378. The number of hydrogen-bond donors (Lipinski definition) is 3. The Kier molecular flexibility index (Phi) is 5.03. The predicted octanol–water partition coefficient (Wildman–Crippen LogP) is 3.99. The van der Waals surface area contributed by atoms with Gasteiger partial charge in [0.25, 0.3) is 5.88 Å². The van der Waals surface area contributed by atoms with Crippen LogP contribution in [0.2, 0.25) is 5.02 Å². The number of methoxy groups -OCH3 is 1. The fraction of sp³-hybridized carbons (Fsp3) is 0.217. The van der Waals surface area contributed by atoms with Crippen molar-refractivity contribution in [3.63, 3.8) is 0 Å². The minimum Gasteiger partial charge on any atom is -0.494 e. The molecule has 0 spiro atoms. The first kappa shape index (κ1) is 20.4. The van der Waals surface area contributed by atoms with E-state index in [1.807, 2.05) is 24.3 Å². The monoisotopic (exact) mass is 453 g/mol. The Bertz CT molecular complexity index is 1310. The van der Waals surface area contributed by atoms with E-state index in [4.69, 9.17) is 20.9 Å². The van der Waals surface area contributed by atoms with Crippen LogP contribution < -0.4 is 9.64 Å². The molecule has 1 aliphatic rings. The summed E-state index contributed by atoms with van der Waals surface area (Å²) in [7, 11) is 1.42. The SMILES string of the molecule is COc1cc(C(=O)c2c(O)[nH]c3cc(Cl)c(-c4ccc(N5CC[C@H]5CO)cc4)cc23)on1. The highest BCUT2D eigenvalue weighted by Crippen LogP contribution is 2.38. The number of aromatic hydroxyl groups is 1. The number of fused-ring (bicyclic) bond motifs is 1. The molecule has 0 aliphatic carbocycles. The third-order valence-electron chi connectivity index (χ3n) is 5.88. The second-order valence-electron chi connectivity index (χ2n) is 7.65. The van der Waals surface area contributed by atoms with Crippen LogP contribution in [0.1, 0.15) is 22.5 Å². The third-order valence-corrected chi connectivity index (χ3v) is 6.19. The van der Waals surface area contributed by atoms with E-state index in [0.29, 0.717) is 15.9 Å². The number of aromatic amines is 1. The number of hydrogen-bond acceptors (Lipinski definition) is 7. The van der Waals surface area contributed by atoms with Crippen molar-refractivity contribution in [2.45, 2.75) is 12.5 Å². The summed E-state index contributed by atoms with van der Waals surface area (Å²) in [6.07, 6.45) is 0.978. The van der Waals surface area contributed by atoms with Crippen molar-refractivity contribution < 1.29 is 24.3 Å². The van der Waals surface area contributed by atoms with Crippen LogP contribution in [0.3, 0.4) is 0 Å². The zero-order chi connectivity index (χ0) is 22.4. The first-order chi connectivity index (χ1) is 15.5. The van der Waals surface area contributed by atoms with Gasteiger partial charge in [-0.1, -0.05) is 23.7 Å². The third kappa shape index (κ3) is 3.28. The van der Waals surface area contributed by atoms with Gasteiger partial charge >= 0.3 is 0 Å². The standard InChI is InChI=1S/C23H20ClN3O5/c1-31-20-10-19(32-26-20)22(29)21-16-8-15(17(24)9-18(16)25-23(21)30)12-2-4-13(5-3-12)27-7-6-14(27)11-28/h2-5,8-10,14,25,28,30H,6-7,11H2,1H3/t14-/m0/s1. The molecule has 0 saturated carbocycles. The van der Waals surface area contributed by atoms with Crippen molar-refractivity contribution in [2.24, 2.45) is 0 Å². The molecular formula is C23H20ClN3O5. The fourth-order valence-electron chi connectivity index (χ4n) is 4.04. The highest BCUT2D eigenvalue weighted by atomic mass is 35.5. The summed E-state index contributed by atoms with van der Waals surface area (Å²) < 4.78 is 10.0. The molecule has 3 heterocycles. The van der Waals surface area contributed by atoms with Crippen molar-refractivity contribution in [1.82, 2.24) is 10.1 Å². The van der Waals surface area contributed by atoms with E-state index >= 15 is 0 Å². The van der Waals surface area contributed by atoms with Crippen molar-refractivity contribution in [1.29, 1.82) is 0 Å². The lowest BCUT2D eigenvalue weighted by atomic mass is 9.98. The first-order valence-corrected chi connectivity index (χ1v) is 10.5. The number of aromatic nitrogens is 2. The second kappa shape index (κ2) is 7.89. The Morgan fingerprint density at radius 1 is 1.31 bits per heavy atom. The number of nitrogens with one attached hydrogen (secondary N) is 1. The normalized spacial score (nSPS) is 15.7. The zero-order valence-electron chi connectivity index (χ0n) is 17.1. The number of anilines is 1. The lowest BCUT2D eigenvalue weighted by Gasteiger charge is -2.42. The Balaban J connectivity index is 1.54. The van der Waals surface area contributed by atoms with Gasteiger partial charge in [-0.15, -0.1) is 0 Å². The minimum atomic E-state index is -0.527. The van der Waals surface area contributed by atoms with Gasteiger partial charge in [-0.25, -0.2) is 0 Å². The predicted molar refractivity (Wildman–Crippen MR) is 120 cm³/mol. The Hall–Kier alpha value is -3.49. The van der Waals surface area contributed by atoms with Crippen molar-refractivity contribution in [3.05, 3.63) is 58.8 Å². The van der Waals surface area contributed by atoms with Crippen molar-refractivity contribution >= 4 is 34.0 Å². The Morgan fingerprint density at radius 3 is 2.72 bits per heavy atom. The molecule has 3 N–H and O–H groups in total. The summed E-state index contributed by atoms with van der Waals surface area (Å²) in [6, 6.07) is 12.8. The minimum absolute atomic E-state index is 0.0492. The van der Waals surface area contributed by atoms with E-state index in [2.05, 4.69) is 15.0 Å². The van der Waals surface area contributed by atoms with Gasteiger partial charge in [-0.3, -0.25) is 4.79 Å².